The molecule has 1 aliphatic carbocycles. The predicted octanol–water partition coefficient (Wildman–Crippen LogP) is 4.20. The molecule has 1 fully saturated rings. The van der Waals surface area contributed by atoms with Gasteiger partial charge in [-0.05, 0) is 43.7 Å². The molecule has 18 heavy (non-hydrogen) atoms. The first kappa shape index (κ1) is 13.5. The van der Waals surface area contributed by atoms with Crippen LogP contribution in [0.2, 0.25) is 0 Å². The van der Waals surface area contributed by atoms with E-state index in [1.54, 1.807) is 0 Å². The highest BCUT2D eigenvalue weighted by atomic mass is 19.1. The third-order valence-corrected chi connectivity index (χ3v) is 4.38. The van der Waals surface area contributed by atoms with Gasteiger partial charge in [0.05, 0.1) is 0 Å². The number of rotatable bonds is 5. The Morgan fingerprint density at radius 1 is 1.28 bits per heavy atom. The number of benzene rings is 1. The zero-order valence-corrected chi connectivity index (χ0v) is 11.1. The Bertz CT molecular complexity index is 387. The smallest absolute Gasteiger partial charge is 0.130 e. The third kappa shape index (κ3) is 2.56. The van der Waals surface area contributed by atoms with E-state index in [2.05, 4.69) is 12.2 Å². The predicted molar refractivity (Wildman–Crippen MR) is 69.4 cm³/mol. The standard InChI is InChI=1S/C15H21F2N/c1-3-15(8-5-9-15)10-18-11(2)14-12(16)6-4-7-13(14)17/h4,6-7,11,18H,3,5,8-10H2,1-2H3. The normalized spacial score (nSPS) is 19.3. The number of hydrogen-bond acceptors (Lipinski definition) is 1. The van der Waals surface area contributed by atoms with Gasteiger partial charge in [-0.3, -0.25) is 0 Å². The fourth-order valence-corrected chi connectivity index (χ4v) is 2.73. The second-order valence-corrected chi connectivity index (χ2v) is 5.45. The van der Waals surface area contributed by atoms with Crippen LogP contribution >= 0.6 is 0 Å². The van der Waals surface area contributed by atoms with Crippen molar-refractivity contribution in [3.8, 4) is 0 Å². The van der Waals surface area contributed by atoms with Gasteiger partial charge >= 0.3 is 0 Å². The molecule has 0 aromatic heterocycles. The largest absolute Gasteiger partial charge is 0.309 e. The molecule has 1 unspecified atom stereocenters. The monoisotopic (exact) mass is 253 g/mol. The summed E-state index contributed by atoms with van der Waals surface area (Å²) >= 11 is 0. The maximum Gasteiger partial charge on any atom is 0.130 e. The van der Waals surface area contributed by atoms with Gasteiger partial charge in [-0.25, -0.2) is 8.78 Å². The van der Waals surface area contributed by atoms with Crippen LogP contribution in [0.4, 0.5) is 8.78 Å². The molecule has 0 radical (unpaired) electrons. The van der Waals surface area contributed by atoms with Gasteiger partial charge in [0.1, 0.15) is 11.6 Å². The first-order valence-corrected chi connectivity index (χ1v) is 6.75. The molecule has 0 heterocycles. The molecule has 1 saturated carbocycles. The molecule has 2 rings (SSSR count). The summed E-state index contributed by atoms with van der Waals surface area (Å²) in [5.41, 5.74) is 0.513. The first-order valence-electron chi connectivity index (χ1n) is 6.75. The number of halogens is 2. The van der Waals surface area contributed by atoms with E-state index in [0.717, 1.165) is 13.0 Å². The van der Waals surface area contributed by atoms with E-state index in [4.69, 9.17) is 0 Å². The van der Waals surface area contributed by atoms with Crippen molar-refractivity contribution in [1.29, 1.82) is 0 Å². The first-order chi connectivity index (χ1) is 8.58. The van der Waals surface area contributed by atoms with Gasteiger partial charge in [0.25, 0.3) is 0 Å². The van der Waals surface area contributed by atoms with Crippen molar-refractivity contribution in [1.82, 2.24) is 5.32 Å². The van der Waals surface area contributed by atoms with Gasteiger partial charge in [-0.1, -0.05) is 19.4 Å². The lowest BCUT2D eigenvalue weighted by atomic mass is 9.67. The van der Waals surface area contributed by atoms with E-state index in [-0.39, 0.29) is 11.6 Å². The lowest BCUT2D eigenvalue weighted by Crippen LogP contribution is -2.40. The van der Waals surface area contributed by atoms with Crippen LogP contribution in [0.3, 0.4) is 0 Å². The van der Waals surface area contributed by atoms with Crippen LogP contribution in [0, 0.1) is 17.0 Å². The number of hydrogen-bond donors (Lipinski definition) is 1. The Labute approximate surface area is 108 Å². The summed E-state index contributed by atoms with van der Waals surface area (Å²) in [6, 6.07) is 3.75. The minimum Gasteiger partial charge on any atom is -0.309 e. The Balaban J connectivity index is 2.01. The molecule has 1 aliphatic rings. The molecule has 1 nitrogen and oxygen atoms in total. The van der Waals surface area contributed by atoms with E-state index >= 15 is 0 Å². The lowest BCUT2D eigenvalue weighted by molar-refractivity contribution is 0.119. The van der Waals surface area contributed by atoms with E-state index in [9.17, 15) is 8.78 Å². The third-order valence-electron chi connectivity index (χ3n) is 4.38. The molecule has 1 atom stereocenters. The van der Waals surface area contributed by atoms with Gasteiger partial charge in [0.15, 0.2) is 0 Å². The SMILES string of the molecule is CCC1(CNC(C)c2c(F)cccc2F)CCC1. The summed E-state index contributed by atoms with van der Waals surface area (Å²) < 4.78 is 27.2. The van der Waals surface area contributed by atoms with Gasteiger partial charge < -0.3 is 5.32 Å². The molecule has 0 bridgehead atoms. The Kier molecular flexibility index (Phi) is 4.00. The molecule has 0 saturated heterocycles. The second-order valence-electron chi connectivity index (χ2n) is 5.45. The van der Waals surface area contributed by atoms with Crippen molar-refractivity contribution < 1.29 is 8.78 Å². The zero-order valence-electron chi connectivity index (χ0n) is 11.1. The van der Waals surface area contributed by atoms with Crippen molar-refractivity contribution in [3.05, 3.63) is 35.4 Å². The molecule has 0 amide bonds. The van der Waals surface area contributed by atoms with Crippen molar-refractivity contribution in [2.45, 2.75) is 45.6 Å². The Morgan fingerprint density at radius 2 is 1.89 bits per heavy atom. The maximum absolute atomic E-state index is 13.6. The summed E-state index contributed by atoms with van der Waals surface area (Å²) in [6.07, 6.45) is 4.86. The summed E-state index contributed by atoms with van der Waals surface area (Å²) in [7, 11) is 0. The fraction of sp³-hybridized carbons (Fsp3) is 0.600. The van der Waals surface area contributed by atoms with Crippen molar-refractivity contribution in [3.63, 3.8) is 0 Å². The molecule has 0 spiro atoms. The minimum atomic E-state index is -0.464. The lowest BCUT2D eigenvalue weighted by Gasteiger charge is -2.42. The fourth-order valence-electron chi connectivity index (χ4n) is 2.73. The van der Waals surface area contributed by atoms with E-state index in [0.29, 0.717) is 5.41 Å². The van der Waals surface area contributed by atoms with Gasteiger partial charge in [-0.2, -0.15) is 0 Å². The molecule has 100 valence electrons. The molecule has 1 aromatic carbocycles. The van der Waals surface area contributed by atoms with Crippen LogP contribution in [-0.2, 0) is 0 Å². The van der Waals surface area contributed by atoms with Crippen LogP contribution in [-0.4, -0.2) is 6.54 Å². The quantitative estimate of drug-likeness (QED) is 0.829. The summed E-state index contributed by atoms with van der Waals surface area (Å²) in [6.45, 7) is 4.86. The van der Waals surface area contributed by atoms with Crippen LogP contribution in [0.25, 0.3) is 0 Å². The molecular formula is C15H21F2N. The van der Waals surface area contributed by atoms with E-state index in [1.165, 1.54) is 37.5 Å². The van der Waals surface area contributed by atoms with Gasteiger partial charge in [0.2, 0.25) is 0 Å². The molecule has 0 aliphatic heterocycles. The summed E-state index contributed by atoms with van der Waals surface area (Å²) in [5.74, 6) is -0.927. The Morgan fingerprint density at radius 3 is 2.33 bits per heavy atom. The van der Waals surface area contributed by atoms with E-state index in [1.807, 2.05) is 6.92 Å². The molecule has 1 N–H and O–H groups in total. The maximum atomic E-state index is 13.6. The van der Waals surface area contributed by atoms with Gasteiger partial charge in [-0.15, -0.1) is 0 Å². The zero-order chi connectivity index (χ0) is 13.2. The van der Waals surface area contributed by atoms with Crippen LogP contribution < -0.4 is 5.32 Å². The molecule has 3 heteroatoms. The Hall–Kier alpha value is -0.960. The highest BCUT2D eigenvalue weighted by Crippen LogP contribution is 2.43. The molecular weight excluding hydrogens is 232 g/mol. The van der Waals surface area contributed by atoms with Crippen molar-refractivity contribution >= 4 is 0 Å². The topological polar surface area (TPSA) is 12.0 Å². The average Bonchev–Trinajstić information content (AvgIpc) is 2.28. The van der Waals surface area contributed by atoms with Crippen molar-refractivity contribution in [2.75, 3.05) is 6.54 Å². The highest BCUT2D eigenvalue weighted by molar-refractivity contribution is 5.22. The van der Waals surface area contributed by atoms with Crippen LogP contribution in [0.5, 0.6) is 0 Å². The molecule has 1 aromatic rings. The number of nitrogens with one attached hydrogen (secondary N) is 1. The van der Waals surface area contributed by atoms with Gasteiger partial charge in [0, 0.05) is 18.2 Å². The van der Waals surface area contributed by atoms with E-state index < -0.39 is 11.6 Å². The van der Waals surface area contributed by atoms with Crippen LogP contribution in [0.1, 0.15) is 51.1 Å². The second kappa shape index (κ2) is 5.35. The van der Waals surface area contributed by atoms with Crippen LogP contribution in [0.15, 0.2) is 18.2 Å². The average molecular weight is 253 g/mol. The van der Waals surface area contributed by atoms with Crippen molar-refractivity contribution in [2.24, 2.45) is 5.41 Å². The summed E-state index contributed by atoms with van der Waals surface area (Å²) in [4.78, 5) is 0. The summed E-state index contributed by atoms with van der Waals surface area (Å²) in [5, 5.41) is 3.29. The minimum absolute atomic E-state index is 0.156. The highest BCUT2D eigenvalue weighted by Gasteiger charge is 2.35.